The van der Waals surface area contributed by atoms with E-state index >= 15 is 0 Å². The van der Waals surface area contributed by atoms with Crippen LogP contribution >= 0.6 is 0 Å². The first-order valence-corrected chi connectivity index (χ1v) is 5.81. The van der Waals surface area contributed by atoms with Gasteiger partial charge in [0.15, 0.2) is 6.29 Å². The van der Waals surface area contributed by atoms with E-state index in [1.54, 1.807) is 6.20 Å². The summed E-state index contributed by atoms with van der Waals surface area (Å²) in [5, 5.41) is 0. The minimum Gasteiger partial charge on any atom is -0.350 e. The molecule has 16 heavy (non-hydrogen) atoms. The Bertz CT molecular complexity index is 330. The molecule has 0 saturated carbocycles. The lowest BCUT2D eigenvalue weighted by molar-refractivity contribution is -0.696. The summed E-state index contributed by atoms with van der Waals surface area (Å²) in [6.45, 7) is 6.25. The quantitative estimate of drug-likeness (QED) is 0.539. The number of aryl methyl sites for hydroxylation is 1. The van der Waals surface area contributed by atoms with Gasteiger partial charge < -0.3 is 9.47 Å². The van der Waals surface area contributed by atoms with E-state index in [2.05, 4.69) is 17.3 Å². The summed E-state index contributed by atoms with van der Waals surface area (Å²) in [7, 11) is 0. The summed E-state index contributed by atoms with van der Waals surface area (Å²) in [6, 6.07) is 0. The third kappa shape index (κ3) is 3.18. The van der Waals surface area contributed by atoms with Gasteiger partial charge in [-0.2, -0.15) is 0 Å². The Morgan fingerprint density at radius 1 is 1.38 bits per heavy atom. The average molecular weight is 223 g/mol. The lowest BCUT2D eigenvalue weighted by atomic mass is 10.2. The van der Waals surface area contributed by atoms with Crippen molar-refractivity contribution in [2.75, 3.05) is 13.2 Å². The molecule has 0 unspecified atom stereocenters. The second-order valence-corrected chi connectivity index (χ2v) is 3.95. The molecule has 2 heterocycles. The van der Waals surface area contributed by atoms with Crippen LogP contribution in [0, 0.1) is 0 Å². The van der Waals surface area contributed by atoms with E-state index in [0.717, 1.165) is 39.0 Å². The smallest absolute Gasteiger partial charge is 0.248 e. The van der Waals surface area contributed by atoms with Crippen molar-refractivity contribution >= 4 is 6.20 Å². The lowest BCUT2D eigenvalue weighted by Gasteiger charge is -2.07. The molecule has 4 heteroatoms. The molecule has 4 nitrogen and oxygen atoms in total. The second kappa shape index (κ2) is 5.82. The standard InChI is InChI=1S/C12H19N2O2/c1-2-13-7-8-14(11-13)6-4-3-5-12-15-9-10-16-12/h2,7-8,11-12H,1,3-6,9-10H2/q+1. The number of nitrogens with zero attached hydrogens (tertiary/aromatic N) is 2. The molecule has 0 atom stereocenters. The molecule has 0 bridgehead atoms. The number of aromatic nitrogens is 2. The van der Waals surface area contributed by atoms with E-state index in [1.807, 2.05) is 17.1 Å². The van der Waals surface area contributed by atoms with Gasteiger partial charge in [-0.05, 0) is 19.3 Å². The average Bonchev–Trinajstić information content (AvgIpc) is 2.95. The minimum absolute atomic E-state index is 0.0442. The summed E-state index contributed by atoms with van der Waals surface area (Å²) >= 11 is 0. The number of imidazole rings is 1. The van der Waals surface area contributed by atoms with E-state index in [4.69, 9.17) is 9.47 Å². The molecule has 1 aliphatic heterocycles. The Balaban J connectivity index is 1.61. The zero-order chi connectivity index (χ0) is 11.2. The summed E-state index contributed by atoms with van der Waals surface area (Å²) < 4.78 is 14.9. The SMILES string of the molecule is C=Cn1cc[n+](CCCCC2OCCO2)c1. The van der Waals surface area contributed by atoms with Crippen LogP contribution in [0.25, 0.3) is 6.20 Å². The van der Waals surface area contributed by atoms with Crippen molar-refractivity contribution in [2.45, 2.75) is 32.1 Å². The fourth-order valence-corrected chi connectivity index (χ4v) is 1.83. The molecule has 0 amide bonds. The third-order valence-electron chi connectivity index (χ3n) is 2.72. The van der Waals surface area contributed by atoms with Gasteiger partial charge in [-0.25, -0.2) is 9.13 Å². The first-order chi connectivity index (χ1) is 7.88. The van der Waals surface area contributed by atoms with Crippen molar-refractivity contribution < 1.29 is 14.0 Å². The molecule has 1 saturated heterocycles. The fourth-order valence-electron chi connectivity index (χ4n) is 1.83. The van der Waals surface area contributed by atoms with Crippen LogP contribution in [0.5, 0.6) is 0 Å². The molecule has 0 spiro atoms. The summed E-state index contributed by atoms with van der Waals surface area (Å²) in [5.41, 5.74) is 0. The van der Waals surface area contributed by atoms with Gasteiger partial charge in [-0.1, -0.05) is 6.58 Å². The zero-order valence-electron chi connectivity index (χ0n) is 9.55. The highest BCUT2D eigenvalue weighted by molar-refractivity contribution is 5.12. The van der Waals surface area contributed by atoms with Crippen LogP contribution in [-0.4, -0.2) is 24.1 Å². The number of rotatable bonds is 6. The Kier molecular flexibility index (Phi) is 4.13. The normalized spacial score (nSPS) is 16.8. The second-order valence-electron chi connectivity index (χ2n) is 3.95. The maximum absolute atomic E-state index is 5.38. The highest BCUT2D eigenvalue weighted by atomic mass is 16.7. The monoisotopic (exact) mass is 223 g/mol. The van der Waals surface area contributed by atoms with Crippen LogP contribution in [0.1, 0.15) is 19.3 Å². The fraction of sp³-hybridized carbons (Fsp3) is 0.583. The number of ether oxygens (including phenoxy) is 2. The van der Waals surface area contributed by atoms with Gasteiger partial charge in [0.2, 0.25) is 6.33 Å². The Hall–Kier alpha value is -1.13. The molecular weight excluding hydrogens is 204 g/mol. The molecule has 88 valence electrons. The number of hydrogen-bond donors (Lipinski definition) is 0. The number of hydrogen-bond acceptors (Lipinski definition) is 2. The molecule has 0 aromatic carbocycles. The highest BCUT2D eigenvalue weighted by Crippen LogP contribution is 2.11. The molecule has 0 radical (unpaired) electrons. The van der Waals surface area contributed by atoms with E-state index < -0.39 is 0 Å². The van der Waals surface area contributed by atoms with Gasteiger partial charge in [0.1, 0.15) is 12.4 Å². The highest BCUT2D eigenvalue weighted by Gasteiger charge is 2.14. The minimum atomic E-state index is 0.0442. The molecular formula is C12H19N2O2+. The predicted octanol–water partition coefficient (Wildman–Crippen LogP) is 1.42. The Morgan fingerprint density at radius 2 is 2.19 bits per heavy atom. The van der Waals surface area contributed by atoms with E-state index in [9.17, 15) is 0 Å². The molecule has 0 aliphatic carbocycles. The van der Waals surface area contributed by atoms with E-state index in [-0.39, 0.29) is 6.29 Å². The van der Waals surface area contributed by atoms with Crippen molar-refractivity contribution in [3.05, 3.63) is 25.3 Å². The summed E-state index contributed by atoms with van der Waals surface area (Å²) in [6.07, 6.45) is 11.2. The maximum Gasteiger partial charge on any atom is 0.248 e. The van der Waals surface area contributed by atoms with Crippen molar-refractivity contribution in [2.24, 2.45) is 0 Å². The molecule has 2 rings (SSSR count). The van der Waals surface area contributed by atoms with Gasteiger partial charge in [0.25, 0.3) is 0 Å². The molecule has 0 N–H and O–H groups in total. The van der Waals surface area contributed by atoms with Crippen LogP contribution in [-0.2, 0) is 16.0 Å². The topological polar surface area (TPSA) is 27.3 Å². The lowest BCUT2D eigenvalue weighted by Crippen LogP contribution is -2.30. The largest absolute Gasteiger partial charge is 0.350 e. The van der Waals surface area contributed by atoms with Gasteiger partial charge in [0, 0.05) is 0 Å². The van der Waals surface area contributed by atoms with Gasteiger partial charge in [-0.15, -0.1) is 0 Å². The van der Waals surface area contributed by atoms with Crippen LogP contribution in [0.4, 0.5) is 0 Å². The van der Waals surface area contributed by atoms with Crippen molar-refractivity contribution in [1.29, 1.82) is 0 Å². The molecule has 1 aromatic rings. The van der Waals surface area contributed by atoms with Gasteiger partial charge in [0.05, 0.1) is 26.0 Å². The van der Waals surface area contributed by atoms with Crippen LogP contribution in [0.15, 0.2) is 25.3 Å². The van der Waals surface area contributed by atoms with Gasteiger partial charge in [-0.3, -0.25) is 0 Å². The van der Waals surface area contributed by atoms with Gasteiger partial charge >= 0.3 is 0 Å². The Morgan fingerprint density at radius 3 is 2.88 bits per heavy atom. The molecule has 1 fully saturated rings. The van der Waals surface area contributed by atoms with Crippen molar-refractivity contribution in [3.63, 3.8) is 0 Å². The van der Waals surface area contributed by atoms with Crippen molar-refractivity contribution in [3.8, 4) is 0 Å². The number of unbranched alkanes of at least 4 members (excludes halogenated alkanes) is 1. The predicted molar refractivity (Wildman–Crippen MR) is 60.6 cm³/mol. The maximum atomic E-state index is 5.38. The van der Waals surface area contributed by atoms with Crippen molar-refractivity contribution in [1.82, 2.24) is 4.57 Å². The van der Waals surface area contributed by atoms with Crippen LogP contribution < -0.4 is 4.57 Å². The zero-order valence-corrected chi connectivity index (χ0v) is 9.55. The summed E-state index contributed by atoms with van der Waals surface area (Å²) in [4.78, 5) is 0. The Labute approximate surface area is 96.1 Å². The molecule has 1 aromatic heterocycles. The van der Waals surface area contributed by atoms with E-state index in [0.29, 0.717) is 0 Å². The van der Waals surface area contributed by atoms with Crippen LogP contribution in [0.2, 0.25) is 0 Å². The molecule has 1 aliphatic rings. The summed E-state index contributed by atoms with van der Waals surface area (Å²) in [5.74, 6) is 0. The first-order valence-electron chi connectivity index (χ1n) is 5.81. The van der Waals surface area contributed by atoms with Crippen LogP contribution in [0.3, 0.4) is 0 Å². The van der Waals surface area contributed by atoms with E-state index in [1.165, 1.54) is 0 Å². The first kappa shape index (κ1) is 11.4. The third-order valence-corrected chi connectivity index (χ3v) is 2.72.